The van der Waals surface area contributed by atoms with E-state index in [2.05, 4.69) is 44.2 Å². The zero-order chi connectivity index (χ0) is 27.4. The fraction of sp³-hybridized carbons (Fsp3) is 0.536. The number of anilines is 2. The topological polar surface area (TPSA) is 78.4 Å². The molecule has 0 saturated carbocycles. The molecular weight excluding hydrogens is 488 g/mol. The Balaban J connectivity index is 1.72. The smallest absolute Gasteiger partial charge is 0.239 e. The van der Waals surface area contributed by atoms with Crippen LogP contribution in [-0.2, 0) is 0 Å². The third kappa shape index (κ3) is 6.13. The van der Waals surface area contributed by atoms with Crippen molar-refractivity contribution in [3.63, 3.8) is 0 Å². The van der Waals surface area contributed by atoms with Gasteiger partial charge in [-0.05, 0) is 47.7 Å². The van der Waals surface area contributed by atoms with Gasteiger partial charge in [0.25, 0.3) is 0 Å². The molecule has 0 spiro atoms. The van der Waals surface area contributed by atoms with Crippen molar-refractivity contribution in [1.29, 1.82) is 0 Å². The molecule has 4 rings (SSSR count). The summed E-state index contributed by atoms with van der Waals surface area (Å²) in [5.74, 6) is 1.08. The highest BCUT2D eigenvalue weighted by Gasteiger charge is 2.25. The third-order valence-electron chi connectivity index (χ3n) is 7.03. The summed E-state index contributed by atoms with van der Waals surface area (Å²) >= 11 is 0. The molecule has 10 heteroatoms. The lowest BCUT2D eigenvalue weighted by Gasteiger charge is -2.38. The average molecular weight is 528 g/mol. The number of alkyl halides is 1. The summed E-state index contributed by atoms with van der Waals surface area (Å²) in [6, 6.07) is 6.87. The summed E-state index contributed by atoms with van der Waals surface area (Å²) in [4.78, 5) is 18.8. The first-order valence-corrected chi connectivity index (χ1v) is 13.3. The van der Waals surface area contributed by atoms with Crippen LogP contribution in [0.15, 0.2) is 24.3 Å². The van der Waals surface area contributed by atoms with Crippen LogP contribution in [0.2, 0.25) is 0 Å². The molecule has 0 bridgehead atoms. The first-order valence-electron chi connectivity index (χ1n) is 13.3. The van der Waals surface area contributed by atoms with Gasteiger partial charge in [-0.1, -0.05) is 18.2 Å². The van der Waals surface area contributed by atoms with Gasteiger partial charge in [0.2, 0.25) is 5.88 Å². The zero-order valence-electron chi connectivity index (χ0n) is 23.2. The molecule has 2 atom stereocenters. The van der Waals surface area contributed by atoms with E-state index < -0.39 is 18.0 Å². The Morgan fingerprint density at radius 3 is 2.39 bits per heavy atom. The number of halogens is 2. The van der Waals surface area contributed by atoms with Crippen LogP contribution < -0.4 is 20.3 Å². The lowest BCUT2D eigenvalue weighted by Crippen LogP contribution is -2.49. The molecule has 1 aliphatic rings. The first-order chi connectivity index (χ1) is 18.2. The van der Waals surface area contributed by atoms with Crippen molar-refractivity contribution in [1.82, 2.24) is 25.2 Å². The Labute approximate surface area is 223 Å². The minimum absolute atomic E-state index is 0.0488. The van der Waals surface area contributed by atoms with Crippen molar-refractivity contribution in [3.8, 4) is 5.88 Å². The van der Waals surface area contributed by atoms with Crippen molar-refractivity contribution in [3.05, 3.63) is 47.0 Å². The van der Waals surface area contributed by atoms with E-state index in [1.165, 1.54) is 13.0 Å². The predicted octanol–water partition coefficient (Wildman–Crippen LogP) is 4.80. The summed E-state index contributed by atoms with van der Waals surface area (Å²) in [6.45, 7) is 14.1. The summed E-state index contributed by atoms with van der Waals surface area (Å²) in [5, 5.41) is 7.16. The van der Waals surface area contributed by atoms with Crippen LogP contribution in [0.1, 0.15) is 56.9 Å². The Bertz CT molecular complexity index is 1250. The molecule has 1 fully saturated rings. The number of rotatable bonds is 10. The minimum atomic E-state index is -1.39. The van der Waals surface area contributed by atoms with Crippen LogP contribution >= 0.6 is 0 Å². The second-order valence-electron chi connectivity index (χ2n) is 10.1. The lowest BCUT2D eigenvalue weighted by atomic mass is 10.0. The Kier molecular flexibility index (Phi) is 8.94. The van der Waals surface area contributed by atoms with Gasteiger partial charge in [0.15, 0.2) is 5.65 Å². The van der Waals surface area contributed by atoms with Gasteiger partial charge >= 0.3 is 0 Å². The van der Waals surface area contributed by atoms with E-state index in [9.17, 15) is 4.39 Å². The maximum atomic E-state index is 15.1. The molecule has 3 aromatic rings. The highest BCUT2D eigenvalue weighted by atomic mass is 19.1. The van der Waals surface area contributed by atoms with E-state index >= 15 is 4.39 Å². The number of benzene rings is 1. The van der Waals surface area contributed by atoms with Crippen LogP contribution in [0.5, 0.6) is 5.88 Å². The van der Waals surface area contributed by atoms with Crippen molar-refractivity contribution < 1.29 is 13.5 Å². The fourth-order valence-electron chi connectivity index (χ4n) is 4.80. The first kappa shape index (κ1) is 27.9. The van der Waals surface area contributed by atoms with Crippen LogP contribution in [0.25, 0.3) is 11.0 Å². The van der Waals surface area contributed by atoms with E-state index in [0.717, 1.165) is 37.3 Å². The van der Waals surface area contributed by atoms with Gasteiger partial charge in [-0.2, -0.15) is 4.98 Å². The third-order valence-corrected chi connectivity index (χ3v) is 7.03. The fourth-order valence-corrected chi connectivity index (χ4v) is 4.80. The highest BCUT2D eigenvalue weighted by molar-refractivity contribution is 5.90. The van der Waals surface area contributed by atoms with Gasteiger partial charge in [0, 0.05) is 49.9 Å². The molecule has 3 heterocycles. The normalized spacial score (nSPS) is 16.2. The molecule has 1 unspecified atom stereocenters. The molecule has 0 aliphatic carbocycles. The SMILES string of the molecule is CNCCOc1nc2nc(C)nc(N[C@H](C)c3cccc(C(C)F)c3F)c2cc1N1CCN(C(C)C)CC1. The monoisotopic (exact) mass is 527 g/mol. The number of ether oxygens (including phenoxy) is 1. The quantitative estimate of drug-likeness (QED) is 0.364. The number of fused-ring (bicyclic) bond motifs is 1. The van der Waals surface area contributed by atoms with Gasteiger partial charge in [-0.3, -0.25) is 4.90 Å². The van der Waals surface area contributed by atoms with Gasteiger partial charge in [-0.25, -0.2) is 18.7 Å². The number of hydrogen-bond donors (Lipinski definition) is 2. The molecule has 0 amide bonds. The summed E-state index contributed by atoms with van der Waals surface area (Å²) in [6.07, 6.45) is -1.39. The molecular formula is C28H39F2N7O. The Morgan fingerprint density at radius 1 is 1.03 bits per heavy atom. The number of pyridine rings is 1. The van der Waals surface area contributed by atoms with Crippen LogP contribution in [0.3, 0.4) is 0 Å². The molecule has 1 aliphatic heterocycles. The van der Waals surface area contributed by atoms with Crippen molar-refractivity contribution in [2.45, 2.75) is 52.9 Å². The van der Waals surface area contributed by atoms with Gasteiger partial charge in [0.05, 0.1) is 11.4 Å². The standard InChI is InChI=1S/C28H39F2N7O/c1-17(2)36-11-13-37(14-12-36)24-16-23-26(32-19(4)22-9-7-8-21(18(3)29)25(22)30)33-20(5)34-27(23)35-28(24)38-15-10-31-6/h7-9,16-19,31H,10-15H2,1-6H3,(H,32,33,34,35)/t18?,19-/m1/s1. The van der Waals surface area contributed by atoms with Crippen molar-refractivity contribution in [2.24, 2.45) is 0 Å². The Hall–Kier alpha value is -3.11. The minimum Gasteiger partial charge on any atom is -0.475 e. The van der Waals surface area contributed by atoms with Gasteiger partial charge in [0.1, 0.15) is 35.9 Å². The van der Waals surface area contributed by atoms with Crippen LogP contribution in [0, 0.1) is 12.7 Å². The van der Waals surface area contributed by atoms with E-state index in [0.29, 0.717) is 47.9 Å². The maximum Gasteiger partial charge on any atom is 0.239 e. The Morgan fingerprint density at radius 2 is 1.74 bits per heavy atom. The number of aromatic nitrogens is 3. The highest BCUT2D eigenvalue weighted by Crippen LogP contribution is 2.35. The van der Waals surface area contributed by atoms with E-state index in [-0.39, 0.29) is 5.56 Å². The molecule has 8 nitrogen and oxygen atoms in total. The summed E-state index contributed by atoms with van der Waals surface area (Å²) < 4.78 is 35.2. The number of nitrogens with zero attached hydrogens (tertiary/aromatic N) is 5. The number of likely N-dealkylation sites (N-methyl/N-ethyl adjacent to an activating group) is 1. The summed E-state index contributed by atoms with van der Waals surface area (Å²) in [7, 11) is 1.88. The molecule has 1 saturated heterocycles. The predicted molar refractivity (Wildman–Crippen MR) is 148 cm³/mol. The molecule has 0 radical (unpaired) electrons. The maximum absolute atomic E-state index is 15.1. The van der Waals surface area contributed by atoms with Crippen LogP contribution in [0.4, 0.5) is 20.3 Å². The van der Waals surface area contributed by atoms with E-state index in [4.69, 9.17) is 9.72 Å². The van der Waals surface area contributed by atoms with Crippen molar-refractivity contribution in [2.75, 3.05) is 56.6 Å². The molecule has 38 heavy (non-hydrogen) atoms. The summed E-state index contributed by atoms with van der Waals surface area (Å²) in [5.41, 5.74) is 1.82. The second kappa shape index (κ2) is 12.2. The number of nitrogens with one attached hydrogen (secondary N) is 2. The van der Waals surface area contributed by atoms with Crippen molar-refractivity contribution >= 4 is 22.5 Å². The number of aryl methyl sites for hydroxylation is 1. The molecule has 206 valence electrons. The molecule has 2 N–H and O–H groups in total. The second-order valence-corrected chi connectivity index (χ2v) is 10.1. The van der Waals surface area contributed by atoms with E-state index in [1.807, 2.05) is 20.0 Å². The molecule has 1 aromatic carbocycles. The van der Waals surface area contributed by atoms with Crippen LogP contribution in [-0.4, -0.2) is 72.3 Å². The zero-order valence-corrected chi connectivity index (χ0v) is 23.2. The lowest BCUT2D eigenvalue weighted by molar-refractivity contribution is 0.208. The van der Waals surface area contributed by atoms with E-state index in [1.54, 1.807) is 19.1 Å². The van der Waals surface area contributed by atoms with Gasteiger partial charge in [-0.15, -0.1) is 0 Å². The number of hydrogen-bond acceptors (Lipinski definition) is 8. The number of piperazine rings is 1. The largest absolute Gasteiger partial charge is 0.475 e. The van der Waals surface area contributed by atoms with Gasteiger partial charge < -0.3 is 20.3 Å². The average Bonchev–Trinajstić information content (AvgIpc) is 2.88. The molecule has 2 aromatic heterocycles.